The van der Waals surface area contributed by atoms with E-state index in [1.165, 1.54) is 0 Å². The summed E-state index contributed by atoms with van der Waals surface area (Å²) in [4.78, 5) is 29.6. The number of likely N-dealkylation sites (tertiary alicyclic amines) is 1. The number of amides is 1. The number of carbonyl (C=O) groups excluding carboxylic acids is 1. The molecule has 1 amide bonds. The molecular weight excluding hydrogens is 308 g/mol. The van der Waals surface area contributed by atoms with E-state index >= 15 is 0 Å². The fourth-order valence-electron chi connectivity index (χ4n) is 3.73. The second-order valence-corrected chi connectivity index (χ2v) is 6.46. The summed E-state index contributed by atoms with van der Waals surface area (Å²) in [5.74, 6) is 0.111. The van der Waals surface area contributed by atoms with E-state index in [1.807, 2.05) is 33.7 Å². The van der Waals surface area contributed by atoms with E-state index in [0.717, 1.165) is 30.4 Å². The van der Waals surface area contributed by atoms with Crippen LogP contribution in [0, 0.1) is 0 Å². The van der Waals surface area contributed by atoms with Crippen LogP contribution in [0.2, 0.25) is 0 Å². The summed E-state index contributed by atoms with van der Waals surface area (Å²) < 4.78 is 7.22. The zero-order chi connectivity index (χ0) is 16.5. The van der Waals surface area contributed by atoms with Crippen LogP contribution in [0.15, 0.2) is 29.1 Å². The Kier molecular flexibility index (Phi) is 4.12. The molecule has 1 atom stereocenters. The molecule has 3 heterocycles. The maximum atomic E-state index is 12.5. The molecule has 4 rings (SSSR count). The summed E-state index contributed by atoms with van der Waals surface area (Å²) in [6.45, 7) is 3.18. The maximum Gasteiger partial charge on any atom is 0.326 e. The lowest BCUT2D eigenvalue weighted by Crippen LogP contribution is -2.54. The fraction of sp³-hybridized carbons (Fsp3) is 0.529. The Bertz CT molecular complexity index is 782. The monoisotopic (exact) mass is 330 g/mol. The van der Waals surface area contributed by atoms with Crippen LogP contribution in [0.5, 0.6) is 0 Å². The lowest BCUT2D eigenvalue weighted by molar-refractivity contribution is -0.137. The molecule has 2 aliphatic rings. The lowest BCUT2D eigenvalue weighted by Gasteiger charge is -2.35. The van der Waals surface area contributed by atoms with E-state index in [4.69, 9.17) is 4.74 Å². The largest absolute Gasteiger partial charge is 0.378 e. The number of carbonyl (C=O) groups is 1. The smallest absolute Gasteiger partial charge is 0.326 e. The van der Waals surface area contributed by atoms with Crippen molar-refractivity contribution in [2.75, 3.05) is 32.8 Å². The molecule has 7 heteroatoms. The number of piperidine rings is 1. The van der Waals surface area contributed by atoms with Crippen molar-refractivity contribution >= 4 is 16.9 Å². The van der Waals surface area contributed by atoms with Gasteiger partial charge >= 0.3 is 5.69 Å². The molecule has 2 fully saturated rings. The molecule has 0 bridgehead atoms. The first-order chi connectivity index (χ1) is 11.7. The normalized spacial score (nSPS) is 22.8. The molecule has 7 nitrogen and oxygen atoms in total. The number of ether oxygens (including phenoxy) is 1. The van der Waals surface area contributed by atoms with Gasteiger partial charge in [-0.1, -0.05) is 12.1 Å². The molecule has 24 heavy (non-hydrogen) atoms. The Morgan fingerprint density at radius 1 is 1.21 bits per heavy atom. The van der Waals surface area contributed by atoms with Crippen molar-refractivity contribution in [1.29, 1.82) is 0 Å². The van der Waals surface area contributed by atoms with Crippen molar-refractivity contribution in [3.05, 3.63) is 34.7 Å². The van der Waals surface area contributed by atoms with Gasteiger partial charge in [-0.05, 0) is 25.0 Å². The second kappa shape index (κ2) is 6.41. The number of fused-ring (bicyclic) bond motifs is 1. The number of nitrogens with one attached hydrogen (secondary N) is 2. The van der Waals surface area contributed by atoms with Gasteiger partial charge in [0.1, 0.15) is 6.04 Å². The summed E-state index contributed by atoms with van der Waals surface area (Å²) in [5.41, 5.74) is 1.74. The van der Waals surface area contributed by atoms with Gasteiger partial charge in [-0.15, -0.1) is 0 Å². The maximum absolute atomic E-state index is 12.5. The highest BCUT2D eigenvalue weighted by molar-refractivity contribution is 5.82. The Morgan fingerprint density at radius 3 is 2.75 bits per heavy atom. The highest BCUT2D eigenvalue weighted by Gasteiger charge is 2.30. The lowest BCUT2D eigenvalue weighted by atomic mass is 10.0. The van der Waals surface area contributed by atoms with Crippen LogP contribution < -0.4 is 11.0 Å². The summed E-state index contributed by atoms with van der Waals surface area (Å²) in [7, 11) is 0. The molecule has 0 radical (unpaired) electrons. The van der Waals surface area contributed by atoms with E-state index in [2.05, 4.69) is 10.3 Å². The number of hydrogen-bond acceptors (Lipinski definition) is 4. The zero-order valence-corrected chi connectivity index (χ0v) is 13.5. The van der Waals surface area contributed by atoms with Crippen LogP contribution in [0.25, 0.3) is 11.0 Å². The number of H-pyrrole nitrogens is 1. The molecule has 2 aromatic rings. The molecule has 0 saturated carbocycles. The van der Waals surface area contributed by atoms with Crippen molar-refractivity contribution in [2.24, 2.45) is 0 Å². The third-order valence-electron chi connectivity index (χ3n) is 4.99. The number of aromatic amines is 1. The van der Waals surface area contributed by atoms with Crippen molar-refractivity contribution < 1.29 is 9.53 Å². The number of hydrogen-bond donors (Lipinski definition) is 2. The van der Waals surface area contributed by atoms with E-state index in [-0.39, 0.29) is 23.7 Å². The van der Waals surface area contributed by atoms with Crippen LogP contribution in [0.3, 0.4) is 0 Å². The van der Waals surface area contributed by atoms with E-state index in [9.17, 15) is 9.59 Å². The van der Waals surface area contributed by atoms with Gasteiger partial charge in [0.2, 0.25) is 5.91 Å². The zero-order valence-electron chi connectivity index (χ0n) is 13.5. The Labute approximate surface area is 139 Å². The molecule has 128 valence electrons. The first-order valence-corrected chi connectivity index (χ1v) is 8.53. The van der Waals surface area contributed by atoms with E-state index in [1.54, 1.807) is 0 Å². The molecule has 0 aliphatic carbocycles. The SMILES string of the molecule is O=C(C1COCCN1)N1CCC(n2c(=O)[nH]c3ccccc32)CC1. The highest BCUT2D eigenvalue weighted by atomic mass is 16.5. The van der Waals surface area contributed by atoms with E-state index < -0.39 is 0 Å². The average molecular weight is 330 g/mol. The molecule has 1 aromatic carbocycles. The van der Waals surface area contributed by atoms with Gasteiger partial charge in [-0.2, -0.15) is 0 Å². The predicted molar refractivity (Wildman–Crippen MR) is 90.0 cm³/mol. The number of rotatable bonds is 2. The Morgan fingerprint density at radius 2 is 2.00 bits per heavy atom. The average Bonchev–Trinajstić information content (AvgIpc) is 2.98. The van der Waals surface area contributed by atoms with Gasteiger partial charge < -0.3 is 19.9 Å². The topological polar surface area (TPSA) is 79.4 Å². The van der Waals surface area contributed by atoms with Gasteiger partial charge in [0.25, 0.3) is 0 Å². The van der Waals surface area contributed by atoms with Gasteiger partial charge in [-0.3, -0.25) is 9.36 Å². The minimum atomic E-state index is -0.230. The molecule has 1 unspecified atom stereocenters. The van der Waals surface area contributed by atoms with Crippen LogP contribution in [-0.4, -0.2) is 59.2 Å². The van der Waals surface area contributed by atoms with Gasteiger partial charge in [-0.25, -0.2) is 4.79 Å². The molecule has 0 spiro atoms. The summed E-state index contributed by atoms with van der Waals surface area (Å²) >= 11 is 0. The molecule has 2 saturated heterocycles. The van der Waals surface area contributed by atoms with Crippen molar-refractivity contribution in [2.45, 2.75) is 24.9 Å². The number of morpholine rings is 1. The van der Waals surface area contributed by atoms with Gasteiger partial charge in [0.15, 0.2) is 0 Å². The third kappa shape index (κ3) is 2.74. The first-order valence-electron chi connectivity index (χ1n) is 8.53. The number of nitrogens with zero attached hydrogens (tertiary/aromatic N) is 2. The number of imidazole rings is 1. The van der Waals surface area contributed by atoms with Crippen molar-refractivity contribution in [3.63, 3.8) is 0 Å². The Hall–Kier alpha value is -2.12. The van der Waals surface area contributed by atoms with Gasteiger partial charge in [0, 0.05) is 25.7 Å². The van der Waals surface area contributed by atoms with Crippen LogP contribution in [0.1, 0.15) is 18.9 Å². The Balaban J connectivity index is 1.46. The number of para-hydroxylation sites is 2. The molecule has 1 aromatic heterocycles. The second-order valence-electron chi connectivity index (χ2n) is 6.46. The number of benzene rings is 1. The standard InChI is InChI=1S/C17H22N4O3/c22-16(14-11-24-10-7-18-14)20-8-5-12(6-9-20)21-15-4-2-1-3-13(15)19-17(21)23/h1-4,12,14,18H,5-11H2,(H,19,23). The van der Waals surface area contributed by atoms with Crippen LogP contribution in [0.4, 0.5) is 0 Å². The summed E-state index contributed by atoms with van der Waals surface area (Å²) in [5, 5.41) is 3.21. The minimum absolute atomic E-state index is 0.0664. The van der Waals surface area contributed by atoms with Crippen LogP contribution >= 0.6 is 0 Å². The summed E-state index contributed by atoms with van der Waals surface area (Å²) in [6.07, 6.45) is 1.59. The predicted octanol–water partition coefficient (Wildman–Crippen LogP) is 0.482. The molecule has 2 aliphatic heterocycles. The number of aromatic nitrogens is 2. The molecule has 2 N–H and O–H groups in total. The van der Waals surface area contributed by atoms with Crippen molar-refractivity contribution in [3.8, 4) is 0 Å². The van der Waals surface area contributed by atoms with Crippen LogP contribution in [-0.2, 0) is 9.53 Å². The first kappa shape index (κ1) is 15.4. The minimum Gasteiger partial charge on any atom is -0.378 e. The van der Waals surface area contributed by atoms with Gasteiger partial charge in [0.05, 0.1) is 24.2 Å². The third-order valence-corrected chi connectivity index (χ3v) is 4.99. The quantitative estimate of drug-likeness (QED) is 0.839. The van der Waals surface area contributed by atoms with E-state index in [0.29, 0.717) is 26.3 Å². The fourth-order valence-corrected chi connectivity index (χ4v) is 3.73. The highest BCUT2D eigenvalue weighted by Crippen LogP contribution is 2.25. The van der Waals surface area contributed by atoms with Crippen molar-refractivity contribution in [1.82, 2.24) is 19.8 Å². The molecular formula is C17H22N4O3. The summed E-state index contributed by atoms with van der Waals surface area (Å²) in [6, 6.07) is 7.65.